The predicted octanol–water partition coefficient (Wildman–Crippen LogP) is 5.24. The first kappa shape index (κ1) is 14.6. The van der Waals surface area contributed by atoms with Gasteiger partial charge in [-0.05, 0) is 43.6 Å². The van der Waals surface area contributed by atoms with Crippen LogP contribution in [-0.4, -0.2) is 6.04 Å². The molecule has 0 radical (unpaired) electrons. The van der Waals surface area contributed by atoms with Gasteiger partial charge in [-0.25, -0.2) is 8.78 Å². The molecule has 0 bridgehead atoms. The van der Waals surface area contributed by atoms with Crippen LogP contribution in [0.4, 0.5) is 14.5 Å². The quantitative estimate of drug-likeness (QED) is 0.801. The van der Waals surface area contributed by atoms with Crippen LogP contribution in [0, 0.1) is 23.5 Å². The molecule has 1 aliphatic rings. The molecule has 1 nitrogen and oxygen atoms in total. The monoisotopic (exact) mass is 287 g/mol. The molecule has 0 spiro atoms. The van der Waals surface area contributed by atoms with Gasteiger partial charge in [0.25, 0.3) is 0 Å². The van der Waals surface area contributed by atoms with Gasteiger partial charge in [-0.1, -0.05) is 25.4 Å². The van der Waals surface area contributed by atoms with Crippen molar-refractivity contribution in [1.29, 1.82) is 0 Å². The summed E-state index contributed by atoms with van der Waals surface area (Å²) in [6, 6.07) is 2.24. The fourth-order valence-corrected chi connectivity index (χ4v) is 3.06. The summed E-state index contributed by atoms with van der Waals surface area (Å²) < 4.78 is 26.7. The van der Waals surface area contributed by atoms with Crippen molar-refractivity contribution < 1.29 is 8.78 Å². The second kappa shape index (κ2) is 6.08. The van der Waals surface area contributed by atoms with E-state index in [1.807, 2.05) is 0 Å². The van der Waals surface area contributed by atoms with Crippen LogP contribution in [0.3, 0.4) is 0 Å². The van der Waals surface area contributed by atoms with Gasteiger partial charge in [0.05, 0.1) is 10.7 Å². The topological polar surface area (TPSA) is 12.0 Å². The van der Waals surface area contributed by atoms with Crippen molar-refractivity contribution in [3.63, 3.8) is 0 Å². The van der Waals surface area contributed by atoms with Crippen LogP contribution in [0.1, 0.15) is 39.5 Å². The van der Waals surface area contributed by atoms with Crippen molar-refractivity contribution in [2.24, 2.45) is 11.8 Å². The van der Waals surface area contributed by atoms with Crippen molar-refractivity contribution in [1.82, 2.24) is 0 Å². The highest BCUT2D eigenvalue weighted by Gasteiger charge is 2.24. The first-order valence-electron chi connectivity index (χ1n) is 6.88. The molecule has 0 unspecified atom stereocenters. The minimum Gasteiger partial charge on any atom is -0.379 e. The Morgan fingerprint density at radius 3 is 2.32 bits per heavy atom. The Balaban J connectivity index is 2.00. The number of hydrogen-bond donors (Lipinski definition) is 1. The van der Waals surface area contributed by atoms with Crippen LogP contribution in [0.25, 0.3) is 0 Å². The number of anilines is 1. The van der Waals surface area contributed by atoms with E-state index in [4.69, 9.17) is 11.6 Å². The van der Waals surface area contributed by atoms with Crippen LogP contribution >= 0.6 is 11.6 Å². The number of halogens is 3. The minimum atomic E-state index is -0.642. The zero-order valence-corrected chi connectivity index (χ0v) is 12.1. The van der Waals surface area contributed by atoms with E-state index in [0.717, 1.165) is 43.7 Å². The third-order valence-electron chi connectivity index (χ3n) is 4.07. The number of rotatable bonds is 3. The zero-order valence-electron chi connectivity index (χ0n) is 11.3. The molecule has 2 rings (SSSR count). The summed E-state index contributed by atoms with van der Waals surface area (Å²) >= 11 is 5.89. The number of benzene rings is 1. The molecule has 1 fully saturated rings. The van der Waals surface area contributed by atoms with E-state index in [9.17, 15) is 8.78 Å². The molecule has 1 aromatic rings. The van der Waals surface area contributed by atoms with E-state index in [1.165, 1.54) is 0 Å². The second-order valence-electron chi connectivity index (χ2n) is 5.74. The van der Waals surface area contributed by atoms with Gasteiger partial charge >= 0.3 is 0 Å². The second-order valence-corrected chi connectivity index (χ2v) is 6.15. The molecule has 1 aromatic carbocycles. The van der Waals surface area contributed by atoms with Crippen molar-refractivity contribution >= 4 is 17.3 Å². The zero-order chi connectivity index (χ0) is 14.0. The molecule has 0 aromatic heterocycles. The maximum Gasteiger partial charge on any atom is 0.150 e. The Bertz CT molecular complexity index is 417. The normalized spacial score (nSPS) is 23.7. The fraction of sp³-hybridized carbons (Fsp3) is 0.600. The molecule has 0 heterocycles. The highest BCUT2D eigenvalue weighted by Crippen LogP contribution is 2.33. The highest BCUT2D eigenvalue weighted by molar-refractivity contribution is 6.33. The molecule has 1 saturated carbocycles. The van der Waals surface area contributed by atoms with Crippen LogP contribution in [0.2, 0.25) is 5.02 Å². The van der Waals surface area contributed by atoms with Crippen LogP contribution in [0.15, 0.2) is 12.1 Å². The van der Waals surface area contributed by atoms with Crippen molar-refractivity contribution in [2.75, 3.05) is 5.32 Å². The molecule has 1 aliphatic carbocycles. The number of hydrogen-bond acceptors (Lipinski definition) is 1. The maximum absolute atomic E-state index is 13.7. The summed E-state index contributed by atoms with van der Waals surface area (Å²) in [6.07, 6.45) is 4.32. The van der Waals surface area contributed by atoms with E-state index in [2.05, 4.69) is 19.2 Å². The molecule has 1 N–H and O–H groups in total. The fourth-order valence-electron chi connectivity index (χ4n) is 2.81. The lowest BCUT2D eigenvalue weighted by Gasteiger charge is -2.32. The lowest BCUT2D eigenvalue weighted by molar-refractivity contribution is 0.266. The van der Waals surface area contributed by atoms with Gasteiger partial charge in [-0.15, -0.1) is 0 Å². The van der Waals surface area contributed by atoms with Gasteiger partial charge in [-0.3, -0.25) is 0 Å². The third kappa shape index (κ3) is 3.59. The van der Waals surface area contributed by atoms with E-state index in [0.29, 0.717) is 5.92 Å². The Morgan fingerprint density at radius 2 is 1.79 bits per heavy atom. The molecular weight excluding hydrogens is 268 g/mol. The largest absolute Gasteiger partial charge is 0.379 e. The molecule has 0 amide bonds. The Morgan fingerprint density at radius 1 is 1.16 bits per heavy atom. The summed E-state index contributed by atoms with van der Waals surface area (Å²) in [5, 5.41) is 3.24. The lowest BCUT2D eigenvalue weighted by atomic mass is 9.79. The van der Waals surface area contributed by atoms with Crippen LogP contribution < -0.4 is 5.32 Å². The summed E-state index contributed by atoms with van der Waals surface area (Å²) in [5.74, 6) is 0.200. The maximum atomic E-state index is 13.7. The summed E-state index contributed by atoms with van der Waals surface area (Å²) in [4.78, 5) is 0. The molecule has 4 heteroatoms. The molecule has 19 heavy (non-hydrogen) atoms. The number of nitrogens with one attached hydrogen (secondary N) is 1. The first-order valence-corrected chi connectivity index (χ1v) is 7.26. The van der Waals surface area contributed by atoms with Crippen molar-refractivity contribution in [3.8, 4) is 0 Å². The van der Waals surface area contributed by atoms with E-state index >= 15 is 0 Å². The minimum absolute atomic E-state index is 0.114. The average Bonchev–Trinajstić information content (AvgIpc) is 2.34. The molecule has 0 aliphatic heterocycles. The van der Waals surface area contributed by atoms with Crippen molar-refractivity contribution in [2.45, 2.75) is 45.6 Å². The van der Waals surface area contributed by atoms with Gasteiger partial charge in [0, 0.05) is 12.1 Å². The van der Waals surface area contributed by atoms with Gasteiger partial charge < -0.3 is 5.32 Å². The Hall–Kier alpha value is -0.830. The summed E-state index contributed by atoms with van der Waals surface area (Å²) in [5.41, 5.74) is 0.232. The van der Waals surface area contributed by atoms with Crippen LogP contribution in [0.5, 0.6) is 0 Å². The molecular formula is C15H20ClF2N. The van der Waals surface area contributed by atoms with E-state index < -0.39 is 11.6 Å². The predicted molar refractivity (Wildman–Crippen MR) is 75.6 cm³/mol. The SMILES string of the molecule is CC(C)C1CCC(Nc2c(F)cc(F)cc2Cl)CC1. The van der Waals surface area contributed by atoms with Crippen molar-refractivity contribution in [3.05, 3.63) is 28.8 Å². The highest BCUT2D eigenvalue weighted by atomic mass is 35.5. The van der Waals surface area contributed by atoms with Gasteiger partial charge in [0.1, 0.15) is 5.82 Å². The van der Waals surface area contributed by atoms with Crippen LogP contribution in [-0.2, 0) is 0 Å². The van der Waals surface area contributed by atoms with Gasteiger partial charge in [-0.2, -0.15) is 0 Å². The van der Waals surface area contributed by atoms with Gasteiger partial charge in [0.15, 0.2) is 5.82 Å². The third-order valence-corrected chi connectivity index (χ3v) is 4.37. The van der Waals surface area contributed by atoms with E-state index in [-0.39, 0.29) is 16.8 Å². The van der Waals surface area contributed by atoms with E-state index in [1.54, 1.807) is 0 Å². The molecule has 106 valence electrons. The van der Waals surface area contributed by atoms with Gasteiger partial charge in [0.2, 0.25) is 0 Å². The first-order chi connectivity index (χ1) is 8.97. The Labute approximate surface area is 118 Å². The molecule has 0 atom stereocenters. The summed E-state index contributed by atoms with van der Waals surface area (Å²) in [6.45, 7) is 4.49. The average molecular weight is 288 g/mol. The molecule has 0 saturated heterocycles. The summed E-state index contributed by atoms with van der Waals surface area (Å²) in [7, 11) is 0. The lowest BCUT2D eigenvalue weighted by Crippen LogP contribution is -2.28. The Kier molecular flexibility index (Phi) is 4.67. The smallest absolute Gasteiger partial charge is 0.150 e. The standard InChI is InChI=1S/C15H20ClF2N/c1-9(2)10-3-5-12(6-4-10)19-15-13(16)7-11(17)8-14(15)18/h7-10,12,19H,3-6H2,1-2H3.